The number of ether oxygens (including phenoxy) is 2. The van der Waals surface area contributed by atoms with Crippen molar-refractivity contribution < 1.29 is 40.2 Å². The minimum Gasteiger partial charge on any atom is -0.461 e. The zero-order valence-corrected chi connectivity index (χ0v) is 27.1. The van der Waals surface area contributed by atoms with E-state index in [9.17, 15) is 26.3 Å². The Hall–Kier alpha value is -4.36. The monoisotopic (exact) mass is 705 g/mol. The van der Waals surface area contributed by atoms with Crippen LogP contribution in [0.25, 0.3) is 0 Å². The second-order valence-corrected chi connectivity index (χ2v) is 13.2. The lowest BCUT2D eigenvalue weighted by Crippen LogP contribution is -2.43. The molecule has 0 unspecified atom stereocenters. The molecule has 2 saturated heterocycles. The third kappa shape index (κ3) is 6.14. The van der Waals surface area contributed by atoms with Gasteiger partial charge in [0.1, 0.15) is 12.4 Å². The van der Waals surface area contributed by atoms with E-state index in [0.29, 0.717) is 30.0 Å². The van der Waals surface area contributed by atoms with Gasteiger partial charge in [0.2, 0.25) is 0 Å². The van der Waals surface area contributed by atoms with E-state index >= 15 is 4.39 Å². The van der Waals surface area contributed by atoms with Crippen LogP contribution in [-0.2, 0) is 43.2 Å². The van der Waals surface area contributed by atoms with E-state index in [1.54, 1.807) is 4.90 Å². The minimum absolute atomic E-state index is 0.00799. The second-order valence-electron chi connectivity index (χ2n) is 13.2. The Labute approximate surface area is 283 Å². The first-order valence-corrected chi connectivity index (χ1v) is 16.2. The second kappa shape index (κ2) is 12.4. The van der Waals surface area contributed by atoms with Gasteiger partial charge < -0.3 is 20.1 Å². The van der Waals surface area contributed by atoms with Crippen LogP contribution in [0.2, 0.25) is 0 Å². The molecule has 7 rings (SSSR count). The van der Waals surface area contributed by atoms with Crippen LogP contribution in [0.3, 0.4) is 0 Å². The molecule has 6 heterocycles. The van der Waals surface area contributed by atoms with Gasteiger partial charge in [-0.1, -0.05) is 18.1 Å². The number of rotatable bonds is 5. The molecule has 50 heavy (non-hydrogen) atoms. The number of aryl methyl sites for hydroxylation is 1. The first kappa shape index (κ1) is 34.1. The van der Waals surface area contributed by atoms with Crippen molar-refractivity contribution in [3.8, 4) is 17.9 Å². The summed E-state index contributed by atoms with van der Waals surface area (Å²) in [5.74, 6) is 3.86. The van der Waals surface area contributed by atoms with Gasteiger partial charge in [-0.3, -0.25) is 9.58 Å². The Morgan fingerprint density at radius 3 is 2.62 bits per heavy atom. The molecule has 2 fully saturated rings. The number of nitrogen functional groups attached to an aromatic ring is 1. The Kier molecular flexibility index (Phi) is 8.49. The molecule has 1 aromatic carbocycles. The van der Waals surface area contributed by atoms with Crippen molar-refractivity contribution in [1.82, 2.24) is 24.6 Å². The van der Waals surface area contributed by atoms with Crippen molar-refractivity contribution >= 4 is 11.5 Å². The molecule has 16 heteroatoms. The van der Waals surface area contributed by atoms with Gasteiger partial charge in [0.15, 0.2) is 11.5 Å². The van der Waals surface area contributed by atoms with E-state index in [0.717, 1.165) is 50.1 Å². The van der Waals surface area contributed by atoms with Crippen molar-refractivity contribution in [2.75, 3.05) is 36.9 Å². The fraction of sp³-hybridized carbons (Fsp3) is 0.500. The van der Waals surface area contributed by atoms with Crippen LogP contribution >= 0.6 is 0 Å². The zero-order chi connectivity index (χ0) is 35.6. The molecule has 0 spiro atoms. The number of aromatic nitrogens is 4. The number of fused-ring (bicyclic) bond motifs is 3. The average Bonchev–Trinajstić information content (AvgIpc) is 3.67. The summed E-state index contributed by atoms with van der Waals surface area (Å²) in [5.41, 5.74) is 3.57. The summed E-state index contributed by atoms with van der Waals surface area (Å²) in [7, 11) is 0. The summed E-state index contributed by atoms with van der Waals surface area (Å²) < 4.78 is 113. The number of nitrogens with two attached hydrogens (primary N) is 1. The number of halogens is 7. The van der Waals surface area contributed by atoms with Gasteiger partial charge in [-0.2, -0.15) is 41.4 Å². The fourth-order valence-corrected chi connectivity index (χ4v) is 7.71. The van der Waals surface area contributed by atoms with Crippen LogP contribution in [0, 0.1) is 17.7 Å². The highest BCUT2D eigenvalue weighted by Crippen LogP contribution is 2.45. The first-order chi connectivity index (χ1) is 23.7. The minimum atomic E-state index is -4.99. The third-order valence-corrected chi connectivity index (χ3v) is 9.86. The Morgan fingerprint density at radius 2 is 1.88 bits per heavy atom. The van der Waals surface area contributed by atoms with Crippen LogP contribution in [0.15, 0.2) is 24.3 Å². The molecule has 9 nitrogen and oxygen atoms in total. The van der Waals surface area contributed by atoms with Crippen molar-refractivity contribution in [2.45, 2.75) is 82.7 Å². The average molecular weight is 706 g/mol. The molecule has 3 aromatic rings. The molecule has 0 amide bonds. The number of alkyl halides is 6. The first-order valence-electron chi connectivity index (χ1n) is 16.2. The summed E-state index contributed by atoms with van der Waals surface area (Å²) in [5, 5.41) is 3.76. The molecular formula is C34H34F7N7O2. The molecule has 0 saturated carbocycles. The SMILES string of the molecule is C=C1CN2CCC[C@@]2(COc2nc3c(c(N4CCCn5nc(C(F)(F)F)cc5C4)n2)CO[C@H](c2c(F)c(N)cc(C#CC)c2C(F)(F)F)C3)C1. The smallest absolute Gasteiger partial charge is 0.435 e. The van der Waals surface area contributed by atoms with E-state index < -0.39 is 52.3 Å². The molecule has 2 aromatic heterocycles. The lowest BCUT2D eigenvalue weighted by molar-refractivity contribution is -0.141. The summed E-state index contributed by atoms with van der Waals surface area (Å²) in [4.78, 5) is 13.4. The van der Waals surface area contributed by atoms with Gasteiger partial charge in [-0.15, -0.1) is 5.92 Å². The standard InChI is InChI=1S/C34H34F7N7O2/c1-3-6-20-11-23(42)29(35)27(28(20)34(39,40)41)25-13-24-22(17-49-25)30(46-8-5-10-48-21(16-46)12-26(45-48)33(36,37)38)44-31(43-24)50-18-32-7-4-9-47(32)15-19(2)14-32/h11-12,25H,2,4-5,7-10,13-18,42H2,1H3/t25-,32-/m0/s1. The van der Waals surface area contributed by atoms with Gasteiger partial charge in [-0.25, -0.2) is 4.39 Å². The molecule has 0 bridgehead atoms. The van der Waals surface area contributed by atoms with Gasteiger partial charge >= 0.3 is 18.4 Å². The summed E-state index contributed by atoms with van der Waals surface area (Å²) >= 11 is 0. The van der Waals surface area contributed by atoms with E-state index in [4.69, 9.17) is 20.2 Å². The van der Waals surface area contributed by atoms with Gasteiger partial charge in [-0.05, 0) is 51.3 Å². The number of anilines is 2. The maximum Gasteiger partial charge on any atom is 0.435 e. The van der Waals surface area contributed by atoms with Crippen molar-refractivity contribution in [1.29, 1.82) is 0 Å². The van der Waals surface area contributed by atoms with Gasteiger partial charge in [0.05, 0.1) is 47.4 Å². The highest BCUT2D eigenvalue weighted by Gasteiger charge is 2.47. The largest absolute Gasteiger partial charge is 0.461 e. The molecule has 0 radical (unpaired) electrons. The number of hydrogen-bond donors (Lipinski definition) is 1. The molecule has 4 aliphatic rings. The van der Waals surface area contributed by atoms with Crippen molar-refractivity contribution in [3.63, 3.8) is 0 Å². The van der Waals surface area contributed by atoms with Gasteiger partial charge in [0.25, 0.3) is 0 Å². The molecule has 0 aliphatic carbocycles. The van der Waals surface area contributed by atoms with Crippen LogP contribution in [0.5, 0.6) is 6.01 Å². The molecular weight excluding hydrogens is 671 g/mol. The van der Waals surface area contributed by atoms with Crippen molar-refractivity contribution in [3.05, 3.63) is 69.4 Å². The lowest BCUT2D eigenvalue weighted by Gasteiger charge is -2.33. The Morgan fingerprint density at radius 1 is 1.08 bits per heavy atom. The Bertz CT molecular complexity index is 1910. The highest BCUT2D eigenvalue weighted by molar-refractivity contribution is 5.59. The normalized spacial score (nSPS) is 22.4. The Balaban J connectivity index is 1.29. The fourth-order valence-electron chi connectivity index (χ4n) is 7.71. The number of nitrogens with zero attached hydrogens (tertiary/aromatic N) is 6. The maximum absolute atomic E-state index is 15.6. The quantitative estimate of drug-likeness (QED) is 0.145. The third-order valence-electron chi connectivity index (χ3n) is 9.86. The highest BCUT2D eigenvalue weighted by atomic mass is 19.4. The van der Waals surface area contributed by atoms with Crippen LogP contribution in [0.4, 0.5) is 42.2 Å². The predicted octanol–water partition coefficient (Wildman–Crippen LogP) is 6.20. The topological polar surface area (TPSA) is 94.6 Å². The van der Waals surface area contributed by atoms with Gasteiger partial charge in [0, 0.05) is 42.7 Å². The zero-order valence-electron chi connectivity index (χ0n) is 27.1. The van der Waals surface area contributed by atoms with E-state index in [2.05, 4.69) is 33.4 Å². The number of hydrogen-bond acceptors (Lipinski definition) is 8. The molecule has 2 N–H and O–H groups in total. The van der Waals surface area contributed by atoms with E-state index in [1.807, 2.05) is 0 Å². The van der Waals surface area contributed by atoms with Crippen LogP contribution in [0.1, 0.15) is 78.0 Å². The summed E-state index contributed by atoms with van der Waals surface area (Å²) in [6.07, 6.45) is -8.35. The van der Waals surface area contributed by atoms with Crippen LogP contribution in [-0.4, -0.2) is 56.4 Å². The summed E-state index contributed by atoms with van der Waals surface area (Å²) in [6, 6.07) is 1.81. The molecule has 4 aliphatic heterocycles. The van der Waals surface area contributed by atoms with Crippen molar-refractivity contribution in [2.24, 2.45) is 0 Å². The molecule has 266 valence electrons. The predicted molar refractivity (Wildman–Crippen MR) is 167 cm³/mol. The van der Waals surface area contributed by atoms with E-state index in [1.165, 1.54) is 11.6 Å². The summed E-state index contributed by atoms with van der Waals surface area (Å²) in [6.45, 7) is 7.68. The van der Waals surface area contributed by atoms with E-state index in [-0.39, 0.29) is 50.0 Å². The lowest BCUT2D eigenvalue weighted by atomic mass is 9.91. The maximum atomic E-state index is 15.6. The molecule has 2 atom stereocenters. The van der Waals surface area contributed by atoms with Crippen LogP contribution < -0.4 is 15.4 Å². The number of benzene rings is 1.